The molecule has 0 aliphatic rings. The lowest BCUT2D eigenvalue weighted by Crippen LogP contribution is -2.16. The van der Waals surface area contributed by atoms with Gasteiger partial charge in [0.15, 0.2) is 11.5 Å². The third kappa shape index (κ3) is 11.6. The van der Waals surface area contributed by atoms with Crippen LogP contribution in [0.4, 0.5) is 0 Å². The zero-order valence-corrected chi connectivity index (χ0v) is 19.7. The van der Waals surface area contributed by atoms with Crippen LogP contribution in [0.3, 0.4) is 0 Å². The smallest absolute Gasteiger partial charge is 0.219 e. The summed E-state index contributed by atoms with van der Waals surface area (Å²) in [5, 5.41) is 2.67. The van der Waals surface area contributed by atoms with E-state index in [4.69, 9.17) is 19.9 Å². The Morgan fingerprint density at radius 2 is 1.77 bits per heavy atom. The van der Waals surface area contributed by atoms with E-state index < -0.39 is 0 Å². The van der Waals surface area contributed by atoms with Crippen LogP contribution < -0.4 is 20.5 Å². The number of benzene rings is 1. The van der Waals surface area contributed by atoms with Gasteiger partial charge in [-0.2, -0.15) is 0 Å². The van der Waals surface area contributed by atoms with Crippen molar-refractivity contribution in [2.24, 2.45) is 5.73 Å². The minimum atomic E-state index is 0. The van der Waals surface area contributed by atoms with Gasteiger partial charge in [0.25, 0.3) is 0 Å². The number of methoxy groups -OCH3 is 1. The molecule has 0 radical (unpaired) electrons. The van der Waals surface area contributed by atoms with Gasteiger partial charge < -0.3 is 25.3 Å². The molecular formula is C23H41ClN2O4. The predicted octanol–water partition coefficient (Wildman–Crippen LogP) is 4.44. The van der Waals surface area contributed by atoms with Crippen LogP contribution in [0, 0.1) is 0 Å². The van der Waals surface area contributed by atoms with Crippen LogP contribution >= 0.6 is 12.4 Å². The maximum atomic E-state index is 11.3. The summed E-state index contributed by atoms with van der Waals surface area (Å²) in [6.45, 7) is 4.45. The Morgan fingerprint density at radius 3 is 2.43 bits per heavy atom. The first-order valence-electron chi connectivity index (χ1n) is 10.9. The molecule has 0 heterocycles. The molecule has 0 bridgehead atoms. The van der Waals surface area contributed by atoms with Gasteiger partial charge in [-0.05, 0) is 42.9 Å². The fourth-order valence-corrected chi connectivity index (χ4v) is 3.33. The lowest BCUT2D eigenvalue weighted by atomic mass is 9.90. The number of nitrogens with one attached hydrogen (secondary N) is 1. The Bertz CT molecular complexity index is 572. The highest BCUT2D eigenvalue weighted by atomic mass is 35.5. The maximum Gasteiger partial charge on any atom is 0.219 e. The summed E-state index contributed by atoms with van der Waals surface area (Å²) in [7, 11) is 3.39. The Labute approximate surface area is 188 Å². The summed E-state index contributed by atoms with van der Waals surface area (Å²) in [5.41, 5.74) is 6.87. The number of amides is 1. The number of ether oxygens (including phenoxy) is 3. The fourth-order valence-electron chi connectivity index (χ4n) is 3.33. The Morgan fingerprint density at radius 1 is 1.03 bits per heavy atom. The van der Waals surface area contributed by atoms with E-state index in [-0.39, 0.29) is 18.3 Å². The SMILES string of the molecule is CCC(CCCCCCC(=O)NC)c1ccc(OCCN)c(OCCCOC)c1.Cl. The second-order valence-corrected chi connectivity index (χ2v) is 7.27. The molecule has 1 aromatic rings. The van der Waals surface area contributed by atoms with Crippen molar-refractivity contribution in [3.63, 3.8) is 0 Å². The molecule has 0 saturated heterocycles. The van der Waals surface area contributed by atoms with E-state index in [1.165, 1.54) is 12.0 Å². The van der Waals surface area contributed by atoms with Crippen LogP contribution in [0.5, 0.6) is 11.5 Å². The molecule has 1 aromatic carbocycles. The van der Waals surface area contributed by atoms with Crippen molar-refractivity contribution >= 4 is 18.3 Å². The molecule has 1 rings (SSSR count). The van der Waals surface area contributed by atoms with Crippen molar-refractivity contribution in [3.05, 3.63) is 23.8 Å². The summed E-state index contributed by atoms with van der Waals surface area (Å²) in [6, 6.07) is 6.27. The molecule has 1 unspecified atom stereocenters. The van der Waals surface area contributed by atoms with Crippen molar-refractivity contribution in [3.8, 4) is 11.5 Å². The standard InChI is InChI=1S/C23H40N2O4.ClH/c1-4-19(10-7-5-6-8-11-23(26)25-2)20-12-13-21(29-17-14-24)22(18-20)28-16-9-15-27-3;/h12-13,18-19H,4-11,14-17,24H2,1-3H3,(H,25,26);1H. The molecular weight excluding hydrogens is 404 g/mol. The minimum absolute atomic E-state index is 0. The van der Waals surface area contributed by atoms with Crippen LogP contribution in [0.1, 0.15) is 69.8 Å². The second kappa shape index (κ2) is 18.3. The molecule has 1 amide bonds. The van der Waals surface area contributed by atoms with Gasteiger partial charge in [-0.3, -0.25) is 4.79 Å². The van der Waals surface area contributed by atoms with Crippen LogP contribution in [-0.4, -0.2) is 46.4 Å². The first-order chi connectivity index (χ1) is 14.2. The average Bonchev–Trinajstić information content (AvgIpc) is 2.75. The van der Waals surface area contributed by atoms with E-state index in [9.17, 15) is 4.79 Å². The van der Waals surface area contributed by atoms with Gasteiger partial charge in [-0.1, -0.05) is 32.3 Å². The predicted molar refractivity (Wildman–Crippen MR) is 125 cm³/mol. The molecule has 0 spiro atoms. The number of halogens is 1. The van der Waals surface area contributed by atoms with Crippen LogP contribution in [-0.2, 0) is 9.53 Å². The number of unbranched alkanes of at least 4 members (excludes halogenated alkanes) is 3. The fraction of sp³-hybridized carbons (Fsp3) is 0.696. The van der Waals surface area contributed by atoms with Crippen molar-refractivity contribution < 1.29 is 19.0 Å². The number of carbonyl (C=O) groups excluding carboxylic acids is 1. The number of rotatable bonds is 17. The molecule has 7 heteroatoms. The van der Waals surface area contributed by atoms with Crippen molar-refractivity contribution in [2.75, 3.05) is 40.5 Å². The van der Waals surface area contributed by atoms with Crippen molar-refractivity contribution in [1.29, 1.82) is 0 Å². The quantitative estimate of drug-likeness (QED) is 0.347. The van der Waals surface area contributed by atoms with Crippen molar-refractivity contribution in [1.82, 2.24) is 5.32 Å². The molecule has 0 aromatic heterocycles. The minimum Gasteiger partial charge on any atom is -0.490 e. The average molecular weight is 445 g/mol. The molecule has 0 saturated carbocycles. The summed E-state index contributed by atoms with van der Waals surface area (Å²) in [4.78, 5) is 11.3. The highest BCUT2D eigenvalue weighted by Crippen LogP contribution is 2.34. The summed E-state index contributed by atoms with van der Waals surface area (Å²) < 4.78 is 16.8. The third-order valence-corrected chi connectivity index (χ3v) is 5.04. The van der Waals surface area contributed by atoms with Crippen LogP contribution in [0.25, 0.3) is 0 Å². The highest BCUT2D eigenvalue weighted by molar-refractivity contribution is 5.85. The van der Waals surface area contributed by atoms with Gasteiger partial charge in [0.2, 0.25) is 5.91 Å². The van der Waals surface area contributed by atoms with Crippen LogP contribution in [0.15, 0.2) is 18.2 Å². The number of hydrogen-bond donors (Lipinski definition) is 2. The lowest BCUT2D eigenvalue weighted by Gasteiger charge is -2.19. The van der Waals surface area contributed by atoms with Crippen molar-refractivity contribution in [2.45, 2.75) is 64.2 Å². The Balaban J connectivity index is 0.00000841. The Hall–Kier alpha value is -1.50. The van der Waals surface area contributed by atoms with Gasteiger partial charge in [0, 0.05) is 40.2 Å². The van der Waals surface area contributed by atoms with E-state index in [1.54, 1.807) is 14.2 Å². The van der Waals surface area contributed by atoms with Gasteiger partial charge in [-0.25, -0.2) is 0 Å². The lowest BCUT2D eigenvalue weighted by molar-refractivity contribution is -0.120. The van der Waals surface area contributed by atoms with E-state index in [0.29, 0.717) is 38.7 Å². The summed E-state index contributed by atoms with van der Waals surface area (Å²) >= 11 is 0. The van der Waals surface area contributed by atoms with E-state index >= 15 is 0 Å². The molecule has 3 N–H and O–H groups in total. The van der Waals surface area contributed by atoms with Gasteiger partial charge >= 0.3 is 0 Å². The zero-order chi connectivity index (χ0) is 21.3. The molecule has 0 aliphatic carbocycles. The highest BCUT2D eigenvalue weighted by Gasteiger charge is 2.14. The first-order valence-corrected chi connectivity index (χ1v) is 10.9. The molecule has 30 heavy (non-hydrogen) atoms. The second-order valence-electron chi connectivity index (χ2n) is 7.27. The molecule has 0 fully saturated rings. The number of nitrogens with two attached hydrogens (primary N) is 1. The van der Waals surface area contributed by atoms with Gasteiger partial charge in [0.05, 0.1) is 6.61 Å². The number of hydrogen-bond acceptors (Lipinski definition) is 5. The molecule has 174 valence electrons. The van der Waals surface area contributed by atoms with Gasteiger partial charge in [0.1, 0.15) is 6.61 Å². The maximum absolute atomic E-state index is 11.3. The molecule has 0 aliphatic heterocycles. The third-order valence-electron chi connectivity index (χ3n) is 5.04. The summed E-state index contributed by atoms with van der Waals surface area (Å²) in [6.07, 6.45) is 8.08. The monoisotopic (exact) mass is 444 g/mol. The molecule has 6 nitrogen and oxygen atoms in total. The first kappa shape index (κ1) is 28.5. The van der Waals surface area contributed by atoms with E-state index in [1.807, 2.05) is 6.07 Å². The molecule has 1 atom stereocenters. The van der Waals surface area contributed by atoms with E-state index in [2.05, 4.69) is 24.4 Å². The van der Waals surface area contributed by atoms with Crippen LogP contribution in [0.2, 0.25) is 0 Å². The largest absolute Gasteiger partial charge is 0.490 e. The number of carbonyl (C=O) groups is 1. The topological polar surface area (TPSA) is 82.8 Å². The van der Waals surface area contributed by atoms with E-state index in [0.717, 1.165) is 50.0 Å². The summed E-state index contributed by atoms with van der Waals surface area (Å²) in [5.74, 6) is 2.17. The normalized spacial score (nSPS) is 11.5. The Kier molecular flexibility index (Phi) is 17.4. The zero-order valence-electron chi connectivity index (χ0n) is 18.9. The van der Waals surface area contributed by atoms with Gasteiger partial charge in [-0.15, -0.1) is 12.4 Å².